The van der Waals surface area contributed by atoms with Gasteiger partial charge in [0.15, 0.2) is 0 Å². The Bertz CT molecular complexity index is 2540. The Morgan fingerprint density at radius 2 is 1.02 bits per heavy atom. The Morgan fingerprint density at radius 3 is 1.60 bits per heavy atom. The van der Waals surface area contributed by atoms with Gasteiger partial charge in [0.05, 0.1) is 11.2 Å². The lowest BCUT2D eigenvalue weighted by atomic mass is 9.84. The Morgan fingerprint density at radius 1 is 0.489 bits per heavy atom. The van der Waals surface area contributed by atoms with E-state index in [1.54, 1.807) is 11.8 Å². The molecule has 0 aliphatic carbocycles. The number of nitrogens with zero attached hydrogens (tertiary/aromatic N) is 2. The van der Waals surface area contributed by atoms with Crippen molar-refractivity contribution in [1.29, 1.82) is 0 Å². The molecule has 2 nitrogen and oxygen atoms in total. The van der Waals surface area contributed by atoms with Gasteiger partial charge in [-0.05, 0) is 109 Å². The van der Waals surface area contributed by atoms with Crippen LogP contribution in [0.15, 0.2) is 151 Å². The lowest BCUT2D eigenvalue weighted by Gasteiger charge is -2.19. The van der Waals surface area contributed by atoms with Gasteiger partial charge >= 0.3 is 0 Å². The molecule has 9 rings (SSSR count). The van der Waals surface area contributed by atoms with Crippen LogP contribution in [0.1, 0.15) is 19.5 Å². The predicted octanol–water partition coefficient (Wildman–Crippen LogP) is 12.0. The summed E-state index contributed by atoms with van der Waals surface area (Å²) in [6, 6.07) is 51.1. The van der Waals surface area contributed by atoms with E-state index in [0.29, 0.717) is 0 Å². The molecule has 0 spiro atoms. The van der Waals surface area contributed by atoms with Gasteiger partial charge in [0.25, 0.3) is 0 Å². The molecule has 0 saturated carbocycles. The Labute approximate surface area is 278 Å². The maximum absolute atomic E-state index is 4.90. The highest BCUT2D eigenvalue weighted by molar-refractivity contribution is 8.14. The SMILES string of the molecule is CC1(C)CSC(c2ccc(-c3ccc4c(-c5ccc6ccccc6c5)c5ccccc5c(-c5ccc6ccccc6c5)c4c3)cn2)=N1. The fourth-order valence-corrected chi connectivity index (χ4v) is 8.21. The second-order valence-corrected chi connectivity index (χ2v) is 14.1. The molecule has 0 radical (unpaired) electrons. The van der Waals surface area contributed by atoms with Gasteiger partial charge in [0, 0.05) is 17.5 Å². The summed E-state index contributed by atoms with van der Waals surface area (Å²) in [4.78, 5) is 9.79. The summed E-state index contributed by atoms with van der Waals surface area (Å²) in [5.41, 5.74) is 8.14. The maximum Gasteiger partial charge on any atom is 0.117 e. The molecule has 2 heterocycles. The average molecular weight is 621 g/mol. The molecule has 0 amide bonds. The van der Waals surface area contributed by atoms with E-state index in [9.17, 15) is 0 Å². The summed E-state index contributed by atoms with van der Waals surface area (Å²) in [7, 11) is 0. The normalized spacial score (nSPS) is 14.3. The topological polar surface area (TPSA) is 25.2 Å². The van der Waals surface area contributed by atoms with Crippen molar-refractivity contribution in [2.24, 2.45) is 4.99 Å². The summed E-state index contributed by atoms with van der Waals surface area (Å²) >= 11 is 1.79. The molecule has 0 N–H and O–H groups in total. The number of thioether (sulfide) groups is 1. The summed E-state index contributed by atoms with van der Waals surface area (Å²) in [6.45, 7) is 4.36. The Kier molecular flexibility index (Phi) is 6.51. The summed E-state index contributed by atoms with van der Waals surface area (Å²) in [5, 5.41) is 11.0. The third-order valence-electron chi connectivity index (χ3n) is 9.38. The van der Waals surface area contributed by atoms with Gasteiger partial charge in [0.1, 0.15) is 5.04 Å². The van der Waals surface area contributed by atoms with Crippen molar-refractivity contribution < 1.29 is 0 Å². The lowest BCUT2D eigenvalue weighted by Crippen LogP contribution is -2.15. The molecule has 1 aliphatic heterocycles. The molecule has 47 heavy (non-hydrogen) atoms. The second kappa shape index (κ2) is 10.9. The van der Waals surface area contributed by atoms with Crippen LogP contribution in [0.25, 0.3) is 76.5 Å². The monoisotopic (exact) mass is 620 g/mol. The number of hydrogen-bond acceptors (Lipinski definition) is 3. The van der Waals surface area contributed by atoms with E-state index in [1.807, 2.05) is 6.20 Å². The van der Waals surface area contributed by atoms with E-state index in [1.165, 1.54) is 65.3 Å². The average Bonchev–Trinajstić information content (AvgIpc) is 3.49. The van der Waals surface area contributed by atoms with Crippen molar-refractivity contribution in [2.45, 2.75) is 19.4 Å². The molecule has 8 aromatic rings. The number of pyridine rings is 1. The van der Waals surface area contributed by atoms with Gasteiger partial charge in [-0.15, -0.1) is 11.8 Å². The maximum atomic E-state index is 4.90. The smallest absolute Gasteiger partial charge is 0.117 e. The zero-order valence-electron chi connectivity index (χ0n) is 26.4. The number of aromatic nitrogens is 1. The minimum Gasteiger partial charge on any atom is -0.269 e. The van der Waals surface area contributed by atoms with Crippen molar-refractivity contribution in [3.05, 3.63) is 151 Å². The summed E-state index contributed by atoms with van der Waals surface area (Å²) in [6.07, 6.45) is 2.01. The third kappa shape index (κ3) is 4.90. The van der Waals surface area contributed by atoms with Crippen molar-refractivity contribution in [3.8, 4) is 33.4 Å². The van der Waals surface area contributed by atoms with Crippen molar-refractivity contribution in [2.75, 3.05) is 5.75 Å². The van der Waals surface area contributed by atoms with Crippen LogP contribution in [-0.4, -0.2) is 21.3 Å². The molecular weight excluding hydrogens is 589 g/mol. The van der Waals surface area contributed by atoms with Crippen LogP contribution in [0.5, 0.6) is 0 Å². The predicted molar refractivity (Wildman–Crippen MR) is 204 cm³/mol. The second-order valence-electron chi connectivity index (χ2n) is 13.1. The molecule has 0 saturated heterocycles. The minimum absolute atomic E-state index is 0.0383. The van der Waals surface area contributed by atoms with Crippen LogP contribution >= 0.6 is 11.8 Å². The van der Waals surface area contributed by atoms with Gasteiger partial charge in [0.2, 0.25) is 0 Å². The van der Waals surface area contributed by atoms with Crippen LogP contribution in [0.3, 0.4) is 0 Å². The first-order chi connectivity index (χ1) is 23.0. The van der Waals surface area contributed by atoms with E-state index in [2.05, 4.69) is 153 Å². The van der Waals surface area contributed by atoms with Gasteiger partial charge < -0.3 is 0 Å². The van der Waals surface area contributed by atoms with E-state index < -0.39 is 0 Å². The standard InChI is InChI=1S/C44H32N2S/c1-44(2)27-47-43(46-44)40-22-20-35(26-45-40)32-19-21-38-39(25-32)42(34-18-16-29-10-4-6-12-31(29)24-34)37-14-8-7-13-36(37)41(38)33-17-15-28-9-3-5-11-30(28)23-33/h3-26H,27H2,1-2H3. The highest BCUT2D eigenvalue weighted by Gasteiger charge is 2.26. The number of aliphatic imine (C=N–C) groups is 1. The molecule has 1 aromatic heterocycles. The zero-order chi connectivity index (χ0) is 31.5. The number of rotatable bonds is 4. The van der Waals surface area contributed by atoms with E-state index in [4.69, 9.17) is 9.98 Å². The first kappa shape index (κ1) is 28.0. The largest absolute Gasteiger partial charge is 0.269 e. The first-order valence-electron chi connectivity index (χ1n) is 16.2. The summed E-state index contributed by atoms with van der Waals surface area (Å²) < 4.78 is 0. The Balaban J connectivity index is 1.30. The molecule has 7 aromatic carbocycles. The van der Waals surface area contributed by atoms with Crippen LogP contribution < -0.4 is 0 Å². The minimum atomic E-state index is -0.0383. The van der Waals surface area contributed by atoms with Gasteiger partial charge in [-0.25, -0.2) is 0 Å². The zero-order valence-corrected chi connectivity index (χ0v) is 27.2. The fourth-order valence-electron chi connectivity index (χ4n) is 7.08. The molecule has 1 aliphatic rings. The molecule has 0 fully saturated rings. The van der Waals surface area contributed by atoms with E-state index in [-0.39, 0.29) is 5.54 Å². The van der Waals surface area contributed by atoms with Crippen LogP contribution in [-0.2, 0) is 0 Å². The van der Waals surface area contributed by atoms with E-state index in [0.717, 1.165) is 27.6 Å². The number of benzene rings is 7. The molecule has 0 unspecified atom stereocenters. The van der Waals surface area contributed by atoms with Crippen LogP contribution in [0.2, 0.25) is 0 Å². The lowest BCUT2D eigenvalue weighted by molar-refractivity contribution is 0.605. The van der Waals surface area contributed by atoms with E-state index >= 15 is 0 Å². The molecule has 0 atom stereocenters. The highest BCUT2D eigenvalue weighted by atomic mass is 32.2. The van der Waals surface area contributed by atoms with Crippen LogP contribution in [0, 0.1) is 0 Å². The van der Waals surface area contributed by atoms with Crippen molar-refractivity contribution in [3.63, 3.8) is 0 Å². The number of fused-ring (bicyclic) bond motifs is 4. The molecule has 0 bridgehead atoms. The summed E-state index contributed by atoms with van der Waals surface area (Å²) in [5.74, 6) is 0.988. The fraction of sp³-hybridized carbons (Fsp3) is 0.0909. The van der Waals surface area contributed by atoms with Gasteiger partial charge in [-0.1, -0.05) is 115 Å². The quantitative estimate of drug-likeness (QED) is 0.183. The van der Waals surface area contributed by atoms with Gasteiger partial charge in [-0.2, -0.15) is 0 Å². The highest BCUT2D eigenvalue weighted by Crippen LogP contribution is 2.45. The molecular formula is C44H32N2S. The van der Waals surface area contributed by atoms with Crippen LogP contribution in [0.4, 0.5) is 0 Å². The molecule has 3 heteroatoms. The van der Waals surface area contributed by atoms with Gasteiger partial charge in [-0.3, -0.25) is 9.98 Å². The Hall–Kier alpha value is -5.25. The molecule has 224 valence electrons. The number of hydrogen-bond donors (Lipinski definition) is 0. The first-order valence-corrected chi connectivity index (χ1v) is 17.2. The van der Waals surface area contributed by atoms with Crippen molar-refractivity contribution in [1.82, 2.24) is 4.98 Å². The van der Waals surface area contributed by atoms with Crippen molar-refractivity contribution >= 4 is 59.9 Å². The third-order valence-corrected chi connectivity index (χ3v) is 10.8.